The summed E-state index contributed by atoms with van der Waals surface area (Å²) in [4.78, 5) is 7.48. The van der Waals surface area contributed by atoms with E-state index in [0.29, 0.717) is 12.6 Å². The van der Waals surface area contributed by atoms with Gasteiger partial charge in [0.05, 0.1) is 13.2 Å². The molecule has 0 aromatic heterocycles. The lowest BCUT2D eigenvalue weighted by Crippen LogP contribution is -2.49. The third kappa shape index (κ3) is 5.48. The Morgan fingerprint density at radius 1 is 1.28 bits per heavy atom. The molecule has 2 saturated heterocycles. The van der Waals surface area contributed by atoms with Gasteiger partial charge in [0.2, 0.25) is 0 Å². The Labute approximate surface area is 174 Å². The van der Waals surface area contributed by atoms with Crippen LogP contribution >= 0.6 is 0 Å². The van der Waals surface area contributed by atoms with Crippen LogP contribution in [0.5, 0.6) is 0 Å². The van der Waals surface area contributed by atoms with Crippen LogP contribution in [0, 0.1) is 11.7 Å². The van der Waals surface area contributed by atoms with Gasteiger partial charge < -0.3 is 20.3 Å². The molecule has 3 fully saturated rings. The lowest BCUT2D eigenvalue weighted by Gasteiger charge is -2.34. The van der Waals surface area contributed by atoms with Gasteiger partial charge in [-0.3, -0.25) is 4.99 Å². The zero-order valence-electron chi connectivity index (χ0n) is 17.6. The summed E-state index contributed by atoms with van der Waals surface area (Å²) in [6.07, 6.45) is 5.67. The van der Waals surface area contributed by atoms with Crippen LogP contribution in [0.1, 0.15) is 44.6 Å². The molecule has 1 unspecified atom stereocenters. The van der Waals surface area contributed by atoms with Crippen LogP contribution in [0.3, 0.4) is 0 Å². The number of nitrogens with one attached hydrogen (secondary N) is 2. The third-order valence-corrected chi connectivity index (χ3v) is 6.64. The fourth-order valence-corrected chi connectivity index (χ4v) is 4.60. The zero-order valence-corrected chi connectivity index (χ0v) is 17.6. The van der Waals surface area contributed by atoms with E-state index >= 15 is 0 Å². The first kappa shape index (κ1) is 20.6. The summed E-state index contributed by atoms with van der Waals surface area (Å²) in [6.45, 7) is 8.98. The minimum atomic E-state index is -0.154. The normalized spacial score (nSPS) is 25.2. The van der Waals surface area contributed by atoms with Crippen LogP contribution in [0.2, 0.25) is 0 Å². The Hall–Kier alpha value is -1.66. The molecule has 1 aliphatic carbocycles. The molecule has 0 bridgehead atoms. The molecule has 4 rings (SSSR count). The fourth-order valence-electron chi connectivity index (χ4n) is 4.60. The van der Waals surface area contributed by atoms with Crippen molar-refractivity contribution in [1.82, 2.24) is 15.5 Å². The van der Waals surface area contributed by atoms with E-state index < -0.39 is 0 Å². The molecular formula is C23H35FN4O. The molecule has 29 heavy (non-hydrogen) atoms. The number of nitrogens with zero attached hydrogens (tertiary/aromatic N) is 2. The number of hydrogen-bond donors (Lipinski definition) is 2. The lowest BCUT2D eigenvalue weighted by atomic mass is 9.96. The lowest BCUT2D eigenvalue weighted by molar-refractivity contribution is 0.150. The van der Waals surface area contributed by atoms with Crippen LogP contribution in [0.15, 0.2) is 29.3 Å². The van der Waals surface area contributed by atoms with Crippen molar-refractivity contribution >= 4 is 5.96 Å². The highest BCUT2D eigenvalue weighted by atomic mass is 19.1. The quantitative estimate of drug-likeness (QED) is 0.544. The summed E-state index contributed by atoms with van der Waals surface area (Å²) in [6, 6.07) is 7.50. The van der Waals surface area contributed by atoms with Gasteiger partial charge in [0.25, 0.3) is 0 Å². The molecule has 160 valence electrons. The number of hydrogen-bond acceptors (Lipinski definition) is 3. The van der Waals surface area contributed by atoms with Crippen molar-refractivity contribution in [3.63, 3.8) is 0 Å². The van der Waals surface area contributed by atoms with Crippen molar-refractivity contribution in [3.05, 3.63) is 35.6 Å². The fraction of sp³-hybridized carbons (Fsp3) is 0.696. The summed E-state index contributed by atoms with van der Waals surface area (Å²) in [5.41, 5.74) is 1.11. The van der Waals surface area contributed by atoms with E-state index in [-0.39, 0.29) is 11.2 Å². The van der Waals surface area contributed by atoms with Gasteiger partial charge in [0, 0.05) is 44.2 Å². The minimum absolute atomic E-state index is 0.0250. The van der Waals surface area contributed by atoms with Crippen LogP contribution in [0.4, 0.5) is 4.39 Å². The van der Waals surface area contributed by atoms with Crippen molar-refractivity contribution in [2.75, 3.05) is 45.9 Å². The minimum Gasteiger partial charge on any atom is -0.381 e. The number of rotatable bonds is 7. The van der Waals surface area contributed by atoms with E-state index in [2.05, 4.69) is 22.5 Å². The van der Waals surface area contributed by atoms with Gasteiger partial charge in [-0.05, 0) is 62.6 Å². The molecule has 2 aliphatic heterocycles. The van der Waals surface area contributed by atoms with Gasteiger partial charge in [-0.25, -0.2) is 4.39 Å². The number of benzene rings is 1. The van der Waals surface area contributed by atoms with E-state index in [4.69, 9.17) is 9.73 Å². The van der Waals surface area contributed by atoms with Gasteiger partial charge in [-0.2, -0.15) is 0 Å². The van der Waals surface area contributed by atoms with Crippen molar-refractivity contribution in [1.29, 1.82) is 0 Å². The average Bonchev–Trinajstić information content (AvgIpc) is 3.35. The van der Waals surface area contributed by atoms with Crippen LogP contribution < -0.4 is 10.6 Å². The Bertz CT molecular complexity index is 692. The highest BCUT2D eigenvalue weighted by Gasteiger charge is 2.44. The van der Waals surface area contributed by atoms with Gasteiger partial charge >= 0.3 is 0 Å². The summed E-state index contributed by atoms with van der Waals surface area (Å²) in [5.74, 6) is 1.47. The Morgan fingerprint density at radius 3 is 2.76 bits per heavy atom. The number of likely N-dealkylation sites (tertiary alicyclic amines) is 1. The second-order valence-electron chi connectivity index (χ2n) is 8.93. The molecule has 5 nitrogen and oxygen atoms in total. The van der Waals surface area contributed by atoms with Gasteiger partial charge in [0.15, 0.2) is 5.96 Å². The molecule has 1 atom stereocenters. The summed E-state index contributed by atoms with van der Waals surface area (Å²) >= 11 is 0. The van der Waals surface area contributed by atoms with Gasteiger partial charge in [-0.1, -0.05) is 12.1 Å². The monoisotopic (exact) mass is 402 g/mol. The maximum Gasteiger partial charge on any atom is 0.191 e. The first-order valence-corrected chi connectivity index (χ1v) is 11.3. The highest BCUT2D eigenvalue weighted by molar-refractivity contribution is 5.80. The van der Waals surface area contributed by atoms with Crippen molar-refractivity contribution in [3.8, 4) is 0 Å². The number of guanidine groups is 1. The average molecular weight is 403 g/mol. The Balaban J connectivity index is 1.29. The topological polar surface area (TPSA) is 48.9 Å². The van der Waals surface area contributed by atoms with Crippen molar-refractivity contribution in [2.45, 2.75) is 50.5 Å². The SMILES string of the molecule is CCNC(=NCC1(c2cccc(F)c2)CC1)NC1CCN(CC2CCOC2)CC1. The smallest absolute Gasteiger partial charge is 0.191 e. The number of ether oxygens (including phenoxy) is 1. The summed E-state index contributed by atoms with van der Waals surface area (Å²) in [5, 5.41) is 7.05. The molecule has 1 aromatic rings. The number of aliphatic imine (C=N–C) groups is 1. The Kier molecular flexibility index (Phi) is 6.70. The van der Waals surface area contributed by atoms with E-state index in [1.54, 1.807) is 6.07 Å². The van der Waals surface area contributed by atoms with Gasteiger partial charge in [-0.15, -0.1) is 0 Å². The third-order valence-electron chi connectivity index (χ3n) is 6.64. The van der Waals surface area contributed by atoms with Crippen LogP contribution in [-0.2, 0) is 10.2 Å². The molecule has 0 spiro atoms. The molecule has 2 N–H and O–H groups in total. The molecule has 6 heteroatoms. The first-order chi connectivity index (χ1) is 14.2. The second kappa shape index (κ2) is 9.43. The van der Waals surface area contributed by atoms with Crippen molar-refractivity contribution in [2.24, 2.45) is 10.9 Å². The molecule has 0 radical (unpaired) electrons. The summed E-state index contributed by atoms with van der Waals surface area (Å²) < 4.78 is 19.2. The largest absolute Gasteiger partial charge is 0.381 e. The van der Waals surface area contributed by atoms with Gasteiger partial charge in [0.1, 0.15) is 5.82 Å². The molecule has 1 aromatic carbocycles. The molecule has 0 amide bonds. The molecule has 2 heterocycles. The zero-order chi connectivity index (χ0) is 20.1. The van der Waals surface area contributed by atoms with Crippen molar-refractivity contribution < 1.29 is 9.13 Å². The molecular weight excluding hydrogens is 367 g/mol. The van der Waals surface area contributed by atoms with E-state index in [1.165, 1.54) is 19.0 Å². The summed E-state index contributed by atoms with van der Waals surface area (Å²) in [7, 11) is 0. The van der Waals surface area contributed by atoms with Crippen LogP contribution in [0.25, 0.3) is 0 Å². The molecule has 1 saturated carbocycles. The van der Waals surface area contributed by atoms with Crippen LogP contribution in [-0.4, -0.2) is 62.8 Å². The predicted octanol–water partition coefficient (Wildman–Crippen LogP) is 2.91. The standard InChI is InChI=1S/C23H35FN4O/c1-2-25-22(26-17-23(9-10-23)19-4-3-5-20(24)14-19)27-21-6-11-28(12-7-21)15-18-8-13-29-16-18/h3-5,14,18,21H,2,6-13,15-17H2,1H3,(H2,25,26,27). The Morgan fingerprint density at radius 2 is 2.10 bits per heavy atom. The predicted molar refractivity (Wildman–Crippen MR) is 115 cm³/mol. The van der Waals surface area contributed by atoms with E-state index in [9.17, 15) is 4.39 Å². The molecule has 3 aliphatic rings. The highest BCUT2D eigenvalue weighted by Crippen LogP contribution is 2.48. The second-order valence-corrected chi connectivity index (χ2v) is 8.93. The first-order valence-electron chi connectivity index (χ1n) is 11.3. The number of piperidine rings is 1. The van der Waals surface area contributed by atoms with E-state index in [0.717, 1.165) is 76.0 Å². The maximum atomic E-state index is 13.6. The van der Waals surface area contributed by atoms with E-state index in [1.807, 2.05) is 12.1 Å². The number of halogens is 1. The maximum absolute atomic E-state index is 13.6.